The molecule has 2 atom stereocenters. The van der Waals surface area contributed by atoms with Crippen LogP contribution in [-0.4, -0.2) is 49.8 Å². The van der Waals surface area contributed by atoms with Gasteiger partial charge < -0.3 is 15.0 Å². The molecule has 102 valence electrons. The molecule has 1 fully saturated rings. The highest BCUT2D eigenvalue weighted by Crippen LogP contribution is 2.07. The van der Waals surface area contributed by atoms with Crippen molar-refractivity contribution in [1.29, 1.82) is 0 Å². The summed E-state index contributed by atoms with van der Waals surface area (Å²) < 4.78 is 5.53. The van der Waals surface area contributed by atoms with E-state index in [1.807, 2.05) is 0 Å². The first kappa shape index (κ1) is 14.9. The second kappa shape index (κ2) is 8.90. The van der Waals surface area contributed by atoms with Gasteiger partial charge in [0, 0.05) is 31.8 Å². The van der Waals surface area contributed by atoms with Crippen molar-refractivity contribution >= 4 is 0 Å². The molecule has 1 rings (SSSR count). The lowest BCUT2D eigenvalue weighted by molar-refractivity contribution is 0.117. The number of ether oxygens (including phenoxy) is 1. The Labute approximate surface area is 107 Å². The molecule has 17 heavy (non-hydrogen) atoms. The van der Waals surface area contributed by atoms with Gasteiger partial charge in [0.15, 0.2) is 0 Å². The van der Waals surface area contributed by atoms with Gasteiger partial charge >= 0.3 is 0 Å². The maximum atomic E-state index is 5.53. The minimum atomic E-state index is 0.657. The molecule has 0 amide bonds. The van der Waals surface area contributed by atoms with Crippen molar-refractivity contribution in [3.8, 4) is 0 Å². The zero-order chi connectivity index (χ0) is 12.5. The van der Waals surface area contributed by atoms with Gasteiger partial charge in [-0.05, 0) is 52.6 Å². The van der Waals surface area contributed by atoms with Gasteiger partial charge in [-0.25, -0.2) is 0 Å². The predicted molar refractivity (Wildman–Crippen MR) is 73.5 cm³/mol. The zero-order valence-electron chi connectivity index (χ0n) is 11.9. The highest BCUT2D eigenvalue weighted by molar-refractivity contribution is 4.74. The summed E-state index contributed by atoms with van der Waals surface area (Å²) in [5.41, 5.74) is 0. The molecule has 3 heteroatoms. The van der Waals surface area contributed by atoms with Crippen LogP contribution in [0.3, 0.4) is 0 Å². The summed E-state index contributed by atoms with van der Waals surface area (Å²) in [5.74, 6) is 0. The van der Waals surface area contributed by atoms with Crippen LogP contribution in [0, 0.1) is 0 Å². The first-order valence-electron chi connectivity index (χ1n) is 7.28. The van der Waals surface area contributed by atoms with Crippen LogP contribution in [0.4, 0.5) is 0 Å². The van der Waals surface area contributed by atoms with Gasteiger partial charge in [-0.1, -0.05) is 6.92 Å². The van der Waals surface area contributed by atoms with Crippen LogP contribution < -0.4 is 5.32 Å². The number of nitrogens with zero attached hydrogens (tertiary/aromatic N) is 1. The monoisotopic (exact) mass is 242 g/mol. The molecule has 0 aromatic rings. The highest BCUT2D eigenvalue weighted by atomic mass is 16.5. The summed E-state index contributed by atoms with van der Waals surface area (Å²) in [5, 5.41) is 3.63. The first-order valence-corrected chi connectivity index (χ1v) is 7.28. The molecule has 0 aromatic heterocycles. The molecule has 1 saturated heterocycles. The molecule has 1 heterocycles. The van der Waals surface area contributed by atoms with E-state index in [4.69, 9.17) is 4.74 Å². The molecule has 0 radical (unpaired) electrons. The molecule has 3 nitrogen and oxygen atoms in total. The minimum Gasteiger partial charge on any atom is -0.381 e. The Hall–Kier alpha value is -0.120. The van der Waals surface area contributed by atoms with E-state index in [0.717, 1.165) is 19.6 Å². The average molecular weight is 242 g/mol. The minimum absolute atomic E-state index is 0.657. The lowest BCUT2D eigenvalue weighted by Crippen LogP contribution is -2.43. The van der Waals surface area contributed by atoms with Gasteiger partial charge in [-0.3, -0.25) is 0 Å². The summed E-state index contributed by atoms with van der Waals surface area (Å²) in [7, 11) is 0. The largest absolute Gasteiger partial charge is 0.381 e. The molecule has 1 aliphatic rings. The van der Waals surface area contributed by atoms with Crippen molar-refractivity contribution in [3.05, 3.63) is 0 Å². The number of nitrogens with one attached hydrogen (secondary N) is 1. The second-order valence-electron chi connectivity index (χ2n) is 5.35. The Kier molecular flexibility index (Phi) is 7.82. The smallest absolute Gasteiger partial charge is 0.0478 e. The standard InChI is InChI=1S/C14H30N2O/c1-4-11-17-12-5-8-16-9-6-13(2)15-14(3)7-10-16/h13-15H,4-12H2,1-3H3. The van der Waals surface area contributed by atoms with Gasteiger partial charge in [0.1, 0.15) is 0 Å². The molecule has 0 saturated carbocycles. The van der Waals surface area contributed by atoms with E-state index >= 15 is 0 Å². The van der Waals surface area contributed by atoms with Crippen molar-refractivity contribution in [2.24, 2.45) is 0 Å². The third-order valence-electron chi connectivity index (χ3n) is 3.44. The predicted octanol–water partition coefficient (Wildman–Crippen LogP) is 2.27. The van der Waals surface area contributed by atoms with Gasteiger partial charge in [-0.2, -0.15) is 0 Å². The fourth-order valence-electron chi connectivity index (χ4n) is 2.38. The van der Waals surface area contributed by atoms with Gasteiger partial charge in [0.2, 0.25) is 0 Å². The summed E-state index contributed by atoms with van der Waals surface area (Å²) >= 11 is 0. The van der Waals surface area contributed by atoms with Crippen molar-refractivity contribution in [1.82, 2.24) is 10.2 Å². The van der Waals surface area contributed by atoms with Crippen molar-refractivity contribution in [2.75, 3.05) is 32.8 Å². The number of hydrogen-bond acceptors (Lipinski definition) is 3. The lowest BCUT2D eigenvalue weighted by Gasteiger charge is -2.30. The average Bonchev–Trinajstić information content (AvgIpc) is 2.29. The topological polar surface area (TPSA) is 24.5 Å². The van der Waals surface area contributed by atoms with Crippen molar-refractivity contribution < 1.29 is 4.74 Å². The highest BCUT2D eigenvalue weighted by Gasteiger charge is 2.15. The van der Waals surface area contributed by atoms with E-state index in [9.17, 15) is 0 Å². The summed E-state index contributed by atoms with van der Waals surface area (Å²) in [4.78, 5) is 2.60. The fraction of sp³-hybridized carbons (Fsp3) is 1.00. The molecule has 1 N–H and O–H groups in total. The van der Waals surface area contributed by atoms with Crippen LogP contribution in [0.25, 0.3) is 0 Å². The Morgan fingerprint density at radius 2 is 1.76 bits per heavy atom. The number of hydrogen-bond donors (Lipinski definition) is 1. The Bertz CT molecular complexity index is 175. The molecule has 0 spiro atoms. The molecular weight excluding hydrogens is 212 g/mol. The van der Waals surface area contributed by atoms with Gasteiger partial charge in [-0.15, -0.1) is 0 Å². The molecule has 0 aliphatic carbocycles. The first-order chi connectivity index (χ1) is 8.22. The lowest BCUT2D eigenvalue weighted by atomic mass is 10.1. The van der Waals surface area contributed by atoms with Crippen LogP contribution in [0.1, 0.15) is 46.5 Å². The van der Waals surface area contributed by atoms with E-state index < -0.39 is 0 Å². The molecular formula is C14H30N2O. The van der Waals surface area contributed by atoms with Crippen molar-refractivity contribution in [3.63, 3.8) is 0 Å². The van der Waals surface area contributed by atoms with E-state index in [-0.39, 0.29) is 0 Å². The maximum Gasteiger partial charge on any atom is 0.0478 e. The second-order valence-corrected chi connectivity index (χ2v) is 5.35. The molecule has 0 bridgehead atoms. The quantitative estimate of drug-likeness (QED) is 0.723. The Morgan fingerprint density at radius 1 is 1.12 bits per heavy atom. The molecule has 2 unspecified atom stereocenters. The summed E-state index contributed by atoms with van der Waals surface area (Å²) in [6.07, 6.45) is 4.83. The molecule has 0 aromatic carbocycles. The Balaban J connectivity index is 2.13. The SMILES string of the molecule is CCCOCCCN1CCC(C)NC(C)CC1. The molecule has 1 aliphatic heterocycles. The third-order valence-corrected chi connectivity index (χ3v) is 3.44. The van der Waals surface area contributed by atoms with Crippen LogP contribution in [0.2, 0.25) is 0 Å². The van der Waals surface area contributed by atoms with Gasteiger partial charge in [0.05, 0.1) is 0 Å². The van der Waals surface area contributed by atoms with E-state index in [2.05, 4.69) is 31.0 Å². The zero-order valence-corrected chi connectivity index (χ0v) is 11.9. The summed E-state index contributed by atoms with van der Waals surface area (Å²) in [6, 6.07) is 1.31. The third kappa shape index (κ3) is 7.02. The Morgan fingerprint density at radius 3 is 2.35 bits per heavy atom. The normalized spacial score (nSPS) is 27.7. The maximum absolute atomic E-state index is 5.53. The number of rotatable bonds is 6. The van der Waals surface area contributed by atoms with Crippen LogP contribution in [-0.2, 0) is 4.74 Å². The van der Waals surface area contributed by atoms with E-state index in [1.165, 1.54) is 38.9 Å². The summed E-state index contributed by atoms with van der Waals surface area (Å²) in [6.45, 7) is 12.3. The van der Waals surface area contributed by atoms with E-state index in [0.29, 0.717) is 12.1 Å². The van der Waals surface area contributed by atoms with Crippen LogP contribution in [0.15, 0.2) is 0 Å². The van der Waals surface area contributed by atoms with Gasteiger partial charge in [0.25, 0.3) is 0 Å². The van der Waals surface area contributed by atoms with E-state index in [1.54, 1.807) is 0 Å². The fourth-order valence-corrected chi connectivity index (χ4v) is 2.38. The van der Waals surface area contributed by atoms with Crippen LogP contribution >= 0.6 is 0 Å². The van der Waals surface area contributed by atoms with Crippen molar-refractivity contribution in [2.45, 2.75) is 58.5 Å². The van der Waals surface area contributed by atoms with Crippen LogP contribution in [0.5, 0.6) is 0 Å².